The molecule has 0 aromatic carbocycles. The molecule has 3 nitrogen and oxygen atoms in total. The molecule has 0 aromatic rings. The predicted octanol–water partition coefficient (Wildman–Crippen LogP) is 1.88. The minimum atomic E-state index is -0.335. The van der Waals surface area contributed by atoms with Gasteiger partial charge in [-0.3, -0.25) is 14.5 Å². The molecule has 1 saturated heterocycles. The second-order valence-electron chi connectivity index (χ2n) is 4.62. The molecule has 0 bridgehead atoms. The largest absolute Gasteiger partial charge is 0.278 e. The summed E-state index contributed by atoms with van der Waals surface area (Å²) in [7, 11) is 0. The monoisotopic (exact) mass is 207 g/mol. The lowest BCUT2D eigenvalue weighted by Gasteiger charge is -2.30. The molecule has 2 aliphatic rings. The van der Waals surface area contributed by atoms with Gasteiger partial charge in [0.25, 0.3) is 0 Å². The minimum Gasteiger partial charge on any atom is -0.278 e. The van der Waals surface area contributed by atoms with Gasteiger partial charge in [-0.05, 0) is 12.8 Å². The molecule has 15 heavy (non-hydrogen) atoms. The van der Waals surface area contributed by atoms with E-state index >= 15 is 0 Å². The van der Waals surface area contributed by atoms with Crippen LogP contribution >= 0.6 is 0 Å². The average molecular weight is 207 g/mol. The van der Waals surface area contributed by atoms with Gasteiger partial charge in [0.1, 0.15) is 0 Å². The number of carbonyl (C=O) groups excluding carboxylic acids is 2. The Kier molecular flexibility index (Phi) is 2.63. The van der Waals surface area contributed by atoms with Crippen molar-refractivity contribution in [3.8, 4) is 0 Å². The van der Waals surface area contributed by atoms with Gasteiger partial charge in [0.05, 0.1) is 5.41 Å². The summed E-state index contributed by atoms with van der Waals surface area (Å²) in [5.41, 5.74) is -0.335. The fraction of sp³-hybridized carbons (Fsp3) is 0.667. The first-order chi connectivity index (χ1) is 7.19. The second kappa shape index (κ2) is 3.80. The molecule has 2 amide bonds. The number of imide groups is 1. The number of rotatable bonds is 2. The van der Waals surface area contributed by atoms with Crippen molar-refractivity contribution in [3.05, 3.63) is 12.7 Å². The quantitative estimate of drug-likeness (QED) is 0.512. The summed E-state index contributed by atoms with van der Waals surface area (Å²) >= 11 is 0. The third-order valence-electron chi connectivity index (χ3n) is 3.61. The Hall–Kier alpha value is -1.12. The van der Waals surface area contributed by atoms with Gasteiger partial charge >= 0.3 is 0 Å². The molecule has 1 aliphatic heterocycles. The third-order valence-corrected chi connectivity index (χ3v) is 3.61. The zero-order valence-electron chi connectivity index (χ0n) is 9.00. The molecule has 0 unspecified atom stereocenters. The van der Waals surface area contributed by atoms with Gasteiger partial charge in [0.2, 0.25) is 11.8 Å². The van der Waals surface area contributed by atoms with Crippen LogP contribution in [0.5, 0.6) is 0 Å². The Morgan fingerprint density at radius 2 is 1.93 bits per heavy atom. The van der Waals surface area contributed by atoms with Gasteiger partial charge in [-0.2, -0.15) is 0 Å². The highest BCUT2D eigenvalue weighted by Gasteiger charge is 2.50. The molecule has 0 atom stereocenters. The van der Waals surface area contributed by atoms with Gasteiger partial charge in [0, 0.05) is 13.0 Å². The van der Waals surface area contributed by atoms with Crippen LogP contribution in [0.3, 0.4) is 0 Å². The first-order valence-corrected chi connectivity index (χ1v) is 5.65. The lowest BCUT2D eigenvalue weighted by atomic mass is 9.73. The molecule has 2 rings (SSSR count). The van der Waals surface area contributed by atoms with Crippen LogP contribution in [0.25, 0.3) is 0 Å². The summed E-state index contributed by atoms with van der Waals surface area (Å²) in [6, 6.07) is 0. The van der Waals surface area contributed by atoms with E-state index in [0.717, 1.165) is 25.7 Å². The van der Waals surface area contributed by atoms with E-state index in [-0.39, 0.29) is 17.2 Å². The van der Waals surface area contributed by atoms with Gasteiger partial charge in [-0.15, -0.1) is 6.58 Å². The molecule has 2 fully saturated rings. The molecule has 0 radical (unpaired) electrons. The van der Waals surface area contributed by atoms with Crippen molar-refractivity contribution in [2.24, 2.45) is 5.41 Å². The van der Waals surface area contributed by atoms with Crippen LogP contribution in [0.1, 0.15) is 38.5 Å². The SMILES string of the molecule is C=CCN1C(=O)CC2(CCCCC2)C1=O. The van der Waals surface area contributed by atoms with Crippen LogP contribution in [-0.2, 0) is 9.59 Å². The normalized spacial score (nSPS) is 24.9. The predicted molar refractivity (Wildman–Crippen MR) is 57.1 cm³/mol. The first-order valence-electron chi connectivity index (χ1n) is 5.65. The molecule has 3 heteroatoms. The number of hydrogen-bond acceptors (Lipinski definition) is 2. The Morgan fingerprint density at radius 3 is 2.53 bits per heavy atom. The van der Waals surface area contributed by atoms with E-state index in [1.165, 1.54) is 11.3 Å². The Balaban J connectivity index is 2.19. The fourth-order valence-corrected chi connectivity index (χ4v) is 2.79. The van der Waals surface area contributed by atoms with Crippen LogP contribution in [0.15, 0.2) is 12.7 Å². The van der Waals surface area contributed by atoms with Crippen molar-refractivity contribution in [3.63, 3.8) is 0 Å². The van der Waals surface area contributed by atoms with Crippen LogP contribution in [0, 0.1) is 5.41 Å². The van der Waals surface area contributed by atoms with Crippen LogP contribution in [-0.4, -0.2) is 23.3 Å². The Labute approximate surface area is 90.1 Å². The van der Waals surface area contributed by atoms with Crippen molar-refractivity contribution in [1.82, 2.24) is 4.90 Å². The van der Waals surface area contributed by atoms with Gasteiger partial charge in [-0.25, -0.2) is 0 Å². The summed E-state index contributed by atoms with van der Waals surface area (Å²) in [5, 5.41) is 0. The summed E-state index contributed by atoms with van der Waals surface area (Å²) in [6.07, 6.45) is 7.21. The highest BCUT2D eigenvalue weighted by molar-refractivity contribution is 6.06. The molecule has 0 N–H and O–H groups in total. The van der Waals surface area contributed by atoms with Gasteiger partial charge < -0.3 is 0 Å². The molecule has 1 saturated carbocycles. The van der Waals surface area contributed by atoms with E-state index < -0.39 is 0 Å². The standard InChI is InChI=1S/C12H17NO2/c1-2-8-13-10(14)9-12(11(13)15)6-4-3-5-7-12/h2H,1,3-9H2. The summed E-state index contributed by atoms with van der Waals surface area (Å²) < 4.78 is 0. The minimum absolute atomic E-state index is 0.0122. The van der Waals surface area contributed by atoms with Crippen molar-refractivity contribution in [2.75, 3.05) is 6.54 Å². The summed E-state index contributed by atoms with van der Waals surface area (Å²) in [5.74, 6) is 0.0360. The molecular weight excluding hydrogens is 190 g/mol. The summed E-state index contributed by atoms with van der Waals surface area (Å²) in [6.45, 7) is 3.95. The number of hydrogen-bond donors (Lipinski definition) is 0. The topological polar surface area (TPSA) is 37.4 Å². The van der Waals surface area contributed by atoms with E-state index in [0.29, 0.717) is 13.0 Å². The highest BCUT2D eigenvalue weighted by atomic mass is 16.2. The maximum Gasteiger partial charge on any atom is 0.236 e. The van der Waals surface area contributed by atoms with Crippen LogP contribution < -0.4 is 0 Å². The van der Waals surface area contributed by atoms with Crippen molar-refractivity contribution < 1.29 is 9.59 Å². The van der Waals surface area contributed by atoms with Crippen molar-refractivity contribution in [1.29, 1.82) is 0 Å². The molecular formula is C12H17NO2. The highest BCUT2D eigenvalue weighted by Crippen LogP contribution is 2.45. The Morgan fingerprint density at radius 1 is 1.27 bits per heavy atom. The third kappa shape index (κ3) is 1.60. The first kappa shape index (κ1) is 10.4. The van der Waals surface area contributed by atoms with Crippen LogP contribution in [0.2, 0.25) is 0 Å². The lowest BCUT2D eigenvalue weighted by Crippen LogP contribution is -2.36. The zero-order chi connectivity index (χ0) is 10.9. The molecule has 0 aromatic heterocycles. The molecule has 1 heterocycles. The molecule has 1 aliphatic carbocycles. The number of nitrogens with zero attached hydrogens (tertiary/aromatic N) is 1. The second-order valence-corrected chi connectivity index (χ2v) is 4.62. The zero-order valence-corrected chi connectivity index (χ0v) is 9.00. The van der Waals surface area contributed by atoms with E-state index in [1.807, 2.05) is 0 Å². The Bertz CT molecular complexity index is 303. The van der Waals surface area contributed by atoms with Gasteiger partial charge in [-0.1, -0.05) is 25.3 Å². The number of likely N-dealkylation sites (tertiary alicyclic amines) is 1. The smallest absolute Gasteiger partial charge is 0.236 e. The maximum absolute atomic E-state index is 12.1. The molecule has 1 spiro atoms. The number of carbonyl (C=O) groups is 2. The van der Waals surface area contributed by atoms with E-state index in [4.69, 9.17) is 0 Å². The summed E-state index contributed by atoms with van der Waals surface area (Å²) in [4.78, 5) is 25.2. The molecule has 82 valence electrons. The van der Waals surface area contributed by atoms with Gasteiger partial charge in [0.15, 0.2) is 0 Å². The number of amides is 2. The van der Waals surface area contributed by atoms with E-state index in [1.54, 1.807) is 6.08 Å². The maximum atomic E-state index is 12.1. The fourth-order valence-electron chi connectivity index (χ4n) is 2.79. The van der Waals surface area contributed by atoms with E-state index in [2.05, 4.69) is 6.58 Å². The van der Waals surface area contributed by atoms with Crippen molar-refractivity contribution in [2.45, 2.75) is 38.5 Å². The average Bonchev–Trinajstić information content (AvgIpc) is 2.45. The van der Waals surface area contributed by atoms with Crippen LogP contribution in [0.4, 0.5) is 0 Å². The lowest BCUT2D eigenvalue weighted by molar-refractivity contribution is -0.141. The van der Waals surface area contributed by atoms with E-state index in [9.17, 15) is 9.59 Å². The van der Waals surface area contributed by atoms with Crippen molar-refractivity contribution >= 4 is 11.8 Å².